The van der Waals surface area contributed by atoms with E-state index in [-0.39, 0.29) is 0 Å². The number of nitrogens with zero attached hydrogens (tertiary/aromatic N) is 3. The molecule has 4 nitrogen and oxygen atoms in total. The number of aromatic nitrogens is 3. The molecule has 3 aromatic heterocycles. The van der Waals surface area contributed by atoms with Crippen LogP contribution in [0.4, 0.5) is 0 Å². The molecule has 0 spiro atoms. The van der Waals surface area contributed by atoms with E-state index in [0.717, 1.165) is 87.4 Å². The van der Waals surface area contributed by atoms with Crippen molar-refractivity contribution in [3.05, 3.63) is 182 Å². The number of hydrogen-bond acceptors (Lipinski definition) is 3. The molecule has 0 unspecified atom stereocenters. The van der Waals surface area contributed by atoms with Crippen LogP contribution >= 0.6 is 7.14 Å². The highest BCUT2D eigenvalue weighted by Gasteiger charge is 2.34. The van der Waals surface area contributed by atoms with Crippen LogP contribution in [0.15, 0.2) is 182 Å². The maximum Gasteiger partial charge on any atom is 0.172 e. The van der Waals surface area contributed by atoms with Gasteiger partial charge < -0.3 is 4.57 Å². The van der Waals surface area contributed by atoms with Gasteiger partial charge in [-0.3, -0.25) is 4.40 Å². The summed E-state index contributed by atoms with van der Waals surface area (Å²) in [6.45, 7) is 0. The first-order valence-electron chi connectivity index (χ1n) is 17.1. The molecule has 0 aliphatic rings. The molecular weight excluding hydrogens is 642 g/mol. The molecule has 10 aromatic rings. The Labute approximate surface area is 294 Å². The Hall–Kier alpha value is -6.35. The molecule has 0 amide bonds. The van der Waals surface area contributed by atoms with Crippen LogP contribution in [0.1, 0.15) is 0 Å². The lowest BCUT2D eigenvalue weighted by atomic mass is 9.91. The van der Waals surface area contributed by atoms with Gasteiger partial charge in [0.15, 0.2) is 12.8 Å². The van der Waals surface area contributed by atoms with Gasteiger partial charge in [-0.05, 0) is 44.8 Å². The summed E-state index contributed by atoms with van der Waals surface area (Å²) in [5, 5.41) is 8.82. The largest absolute Gasteiger partial charge is 0.309 e. The van der Waals surface area contributed by atoms with Gasteiger partial charge in [-0.2, -0.15) is 0 Å². The maximum atomic E-state index is 15.9. The molecule has 51 heavy (non-hydrogen) atoms. The Kier molecular flexibility index (Phi) is 6.74. The molecule has 0 aliphatic heterocycles. The summed E-state index contributed by atoms with van der Waals surface area (Å²) in [5.41, 5.74) is 6.80. The highest BCUT2D eigenvalue weighted by Crippen LogP contribution is 2.49. The summed E-state index contributed by atoms with van der Waals surface area (Å²) in [4.78, 5) is 10.2. The first kappa shape index (κ1) is 29.6. The van der Waals surface area contributed by atoms with Crippen LogP contribution in [-0.2, 0) is 4.57 Å². The average Bonchev–Trinajstić information content (AvgIpc) is 3.59. The Morgan fingerprint density at radius 2 is 0.922 bits per heavy atom. The molecule has 3 heterocycles. The first-order valence-corrected chi connectivity index (χ1v) is 18.8. The molecule has 0 fully saturated rings. The third kappa shape index (κ3) is 4.50. The molecule has 0 N–H and O–H groups in total. The Balaban J connectivity index is 1.21. The van der Waals surface area contributed by atoms with Crippen molar-refractivity contribution in [3.63, 3.8) is 0 Å². The zero-order chi connectivity index (χ0) is 33.9. The monoisotopic (exact) mass is 671 g/mol. The number of imidazole rings is 1. The van der Waals surface area contributed by atoms with E-state index in [1.165, 1.54) is 0 Å². The van der Waals surface area contributed by atoms with Crippen LogP contribution < -0.4 is 15.9 Å². The number of rotatable bonds is 5. The summed E-state index contributed by atoms with van der Waals surface area (Å²) >= 11 is 0. The van der Waals surface area contributed by atoms with Gasteiger partial charge in [0.25, 0.3) is 0 Å². The van der Waals surface area contributed by atoms with Crippen molar-refractivity contribution in [3.8, 4) is 22.4 Å². The number of benzene rings is 7. The minimum atomic E-state index is -3.30. The van der Waals surface area contributed by atoms with Crippen molar-refractivity contribution in [2.75, 3.05) is 0 Å². The highest BCUT2D eigenvalue weighted by molar-refractivity contribution is 7.86. The molecule has 5 heteroatoms. The van der Waals surface area contributed by atoms with Crippen molar-refractivity contribution in [2.45, 2.75) is 0 Å². The average molecular weight is 672 g/mol. The minimum Gasteiger partial charge on any atom is -0.309 e. The second kappa shape index (κ2) is 11.6. The van der Waals surface area contributed by atoms with Gasteiger partial charge >= 0.3 is 0 Å². The molecule has 0 saturated carbocycles. The molecule has 0 bridgehead atoms. The van der Waals surface area contributed by atoms with E-state index in [9.17, 15) is 0 Å². The molecule has 0 atom stereocenters. The van der Waals surface area contributed by atoms with Crippen LogP contribution in [0.3, 0.4) is 0 Å². The fourth-order valence-corrected chi connectivity index (χ4v) is 10.9. The normalized spacial score (nSPS) is 12.0. The Bertz CT molecular complexity index is 2890. The summed E-state index contributed by atoms with van der Waals surface area (Å²) in [7, 11) is -3.30. The quantitative estimate of drug-likeness (QED) is 0.135. The maximum absolute atomic E-state index is 15.9. The van der Waals surface area contributed by atoms with Crippen molar-refractivity contribution < 1.29 is 4.57 Å². The molecule has 7 aromatic carbocycles. The van der Waals surface area contributed by atoms with Crippen molar-refractivity contribution >= 4 is 72.2 Å². The molecule has 240 valence electrons. The fourth-order valence-electron chi connectivity index (χ4n) is 7.79. The number of hydrogen-bond donors (Lipinski definition) is 0. The lowest BCUT2D eigenvalue weighted by Gasteiger charge is -2.25. The van der Waals surface area contributed by atoms with Gasteiger partial charge in [0.05, 0.1) is 5.69 Å². The summed E-state index contributed by atoms with van der Waals surface area (Å²) in [5.74, 6) is 0. The first-order chi connectivity index (χ1) is 25.2. The predicted octanol–water partition coefficient (Wildman–Crippen LogP) is 10.3. The molecule has 10 rings (SSSR count). The van der Waals surface area contributed by atoms with Gasteiger partial charge in [-0.1, -0.05) is 164 Å². The van der Waals surface area contributed by atoms with E-state index in [0.29, 0.717) is 0 Å². The van der Waals surface area contributed by atoms with Gasteiger partial charge in [-0.15, -0.1) is 0 Å². The third-order valence-electron chi connectivity index (χ3n) is 10.1. The van der Waals surface area contributed by atoms with Crippen molar-refractivity contribution in [1.82, 2.24) is 14.4 Å². The lowest BCUT2D eigenvalue weighted by Crippen LogP contribution is -2.26. The standard InChI is InChI=1S/C46H30N3OP/c50-51(33-15-3-1-4-16-33,34-17-5-2-6-18-34)45-39-23-11-7-19-35(39)42(36-20-8-12-24-40(36)45)31-26-28-32(29-27-31)43-37-21-9-10-22-38(37)44-46(48-43)49-30-14-13-25-41(49)47-44/h1-30H. The molecule has 0 aliphatic carbocycles. The second-order valence-corrected chi connectivity index (χ2v) is 15.6. The van der Waals surface area contributed by atoms with Gasteiger partial charge in [0.2, 0.25) is 0 Å². The third-order valence-corrected chi connectivity index (χ3v) is 13.2. The van der Waals surface area contributed by atoms with E-state index < -0.39 is 7.14 Å². The Morgan fingerprint density at radius 3 is 1.53 bits per heavy atom. The number of fused-ring (bicyclic) bond motifs is 7. The van der Waals surface area contributed by atoms with E-state index in [1.54, 1.807) is 0 Å². The van der Waals surface area contributed by atoms with Crippen molar-refractivity contribution in [2.24, 2.45) is 0 Å². The van der Waals surface area contributed by atoms with Crippen molar-refractivity contribution in [1.29, 1.82) is 0 Å². The van der Waals surface area contributed by atoms with Gasteiger partial charge in [-0.25, -0.2) is 9.97 Å². The van der Waals surface area contributed by atoms with Crippen LogP contribution in [0, 0.1) is 0 Å². The second-order valence-electron chi connectivity index (χ2n) is 12.9. The molecule has 0 saturated heterocycles. The summed E-state index contributed by atoms with van der Waals surface area (Å²) in [6, 6.07) is 60.0. The van der Waals surface area contributed by atoms with Gasteiger partial charge in [0.1, 0.15) is 11.2 Å². The summed E-state index contributed by atoms with van der Waals surface area (Å²) < 4.78 is 18.0. The lowest BCUT2D eigenvalue weighted by molar-refractivity contribution is 0.593. The number of pyridine rings is 2. The zero-order valence-electron chi connectivity index (χ0n) is 27.5. The summed E-state index contributed by atoms with van der Waals surface area (Å²) in [6.07, 6.45) is 2.02. The zero-order valence-corrected chi connectivity index (χ0v) is 28.4. The van der Waals surface area contributed by atoms with Crippen LogP contribution in [0.2, 0.25) is 0 Å². The van der Waals surface area contributed by atoms with E-state index in [2.05, 4.69) is 101 Å². The Morgan fingerprint density at radius 1 is 0.431 bits per heavy atom. The van der Waals surface area contributed by atoms with Crippen LogP contribution in [0.5, 0.6) is 0 Å². The smallest absolute Gasteiger partial charge is 0.172 e. The molecule has 0 radical (unpaired) electrons. The minimum absolute atomic E-state index is 0.825. The van der Waals surface area contributed by atoms with Crippen LogP contribution in [0.25, 0.3) is 71.5 Å². The molecular formula is C46H30N3OP. The predicted molar refractivity (Wildman–Crippen MR) is 213 cm³/mol. The van der Waals surface area contributed by atoms with Gasteiger partial charge in [0, 0.05) is 38.4 Å². The van der Waals surface area contributed by atoms with E-state index in [1.807, 2.05) is 85.1 Å². The SMILES string of the molecule is O=P(c1ccccc1)(c1ccccc1)c1c2ccccc2c(-c2ccc(-c3nc4c(nc5ccccn54)c4ccccc34)cc2)c2ccccc12. The van der Waals surface area contributed by atoms with Crippen LogP contribution in [-0.4, -0.2) is 14.4 Å². The van der Waals surface area contributed by atoms with E-state index >= 15 is 4.57 Å². The fraction of sp³-hybridized carbons (Fsp3) is 0. The highest BCUT2D eigenvalue weighted by atomic mass is 31.2. The van der Waals surface area contributed by atoms with E-state index in [4.69, 9.17) is 9.97 Å². The topological polar surface area (TPSA) is 47.3 Å².